The van der Waals surface area contributed by atoms with Crippen molar-refractivity contribution in [2.24, 2.45) is 0 Å². The van der Waals surface area contributed by atoms with Gasteiger partial charge in [0, 0.05) is 28.2 Å². The molecule has 0 atom stereocenters. The number of nitrogens with two attached hydrogens (primary N) is 1. The Labute approximate surface area is 113 Å². The Morgan fingerprint density at radius 3 is 2.89 bits per heavy atom. The number of hydrogen-bond acceptors (Lipinski definition) is 3. The number of benzene rings is 1. The van der Waals surface area contributed by atoms with Gasteiger partial charge in [0.15, 0.2) is 0 Å². The lowest BCUT2D eigenvalue weighted by molar-refractivity contribution is 0.102. The van der Waals surface area contributed by atoms with Crippen molar-refractivity contribution in [2.75, 3.05) is 11.1 Å². The van der Waals surface area contributed by atoms with Crippen LogP contribution in [0.3, 0.4) is 0 Å². The Kier molecular flexibility index (Phi) is 3.62. The summed E-state index contributed by atoms with van der Waals surface area (Å²) in [5.41, 5.74) is 8.23. The number of halogens is 1. The highest BCUT2D eigenvalue weighted by molar-refractivity contribution is 9.10. The summed E-state index contributed by atoms with van der Waals surface area (Å²) < 4.78 is 0.944. The fraction of sp³-hybridized carbons (Fsp3) is 0.0769. The van der Waals surface area contributed by atoms with E-state index in [1.807, 2.05) is 25.1 Å². The molecule has 0 aliphatic carbocycles. The Hall–Kier alpha value is -1.88. The van der Waals surface area contributed by atoms with Gasteiger partial charge in [0.25, 0.3) is 5.91 Å². The van der Waals surface area contributed by atoms with Crippen molar-refractivity contribution in [2.45, 2.75) is 6.92 Å². The zero-order valence-electron chi connectivity index (χ0n) is 9.77. The Bertz CT molecular complexity index is 599. The quantitative estimate of drug-likeness (QED) is 0.896. The number of nitrogen functional groups attached to an aromatic ring is 1. The molecular formula is C13H12BrN3O. The molecule has 1 aromatic heterocycles. The normalized spacial score (nSPS) is 10.1. The number of pyridine rings is 1. The van der Waals surface area contributed by atoms with Crippen LogP contribution in [0.5, 0.6) is 0 Å². The number of aromatic nitrogens is 1. The molecule has 5 heteroatoms. The number of carbonyl (C=O) groups excluding carboxylic acids is 1. The van der Waals surface area contributed by atoms with E-state index < -0.39 is 0 Å². The highest BCUT2D eigenvalue weighted by atomic mass is 79.9. The number of nitrogens with one attached hydrogen (secondary N) is 1. The third-order valence-corrected chi connectivity index (χ3v) is 3.47. The lowest BCUT2D eigenvalue weighted by Crippen LogP contribution is -2.15. The van der Waals surface area contributed by atoms with Gasteiger partial charge in [-0.15, -0.1) is 0 Å². The number of hydrogen-bond donors (Lipinski definition) is 2. The molecule has 3 N–H and O–H groups in total. The van der Waals surface area contributed by atoms with Crippen LogP contribution >= 0.6 is 15.9 Å². The lowest BCUT2D eigenvalue weighted by Gasteiger charge is -2.10. The molecule has 0 aliphatic rings. The Morgan fingerprint density at radius 1 is 1.39 bits per heavy atom. The highest BCUT2D eigenvalue weighted by Crippen LogP contribution is 2.24. The van der Waals surface area contributed by atoms with Crippen molar-refractivity contribution in [3.63, 3.8) is 0 Å². The van der Waals surface area contributed by atoms with Crippen LogP contribution in [-0.4, -0.2) is 10.9 Å². The zero-order valence-corrected chi connectivity index (χ0v) is 11.4. The van der Waals surface area contributed by atoms with Crippen LogP contribution in [-0.2, 0) is 0 Å². The van der Waals surface area contributed by atoms with Crippen molar-refractivity contribution in [1.29, 1.82) is 0 Å². The maximum Gasteiger partial charge on any atom is 0.259 e. The molecular weight excluding hydrogens is 294 g/mol. The molecule has 2 aromatic rings. The van der Waals surface area contributed by atoms with Gasteiger partial charge < -0.3 is 11.1 Å². The SMILES string of the molecule is Cc1c(Br)cccc1NC(=O)c1cnccc1N. The van der Waals surface area contributed by atoms with E-state index in [2.05, 4.69) is 26.2 Å². The van der Waals surface area contributed by atoms with E-state index in [4.69, 9.17) is 5.73 Å². The molecule has 1 amide bonds. The highest BCUT2D eigenvalue weighted by Gasteiger charge is 2.11. The van der Waals surface area contributed by atoms with E-state index in [0.29, 0.717) is 11.3 Å². The fourth-order valence-corrected chi connectivity index (χ4v) is 1.89. The number of rotatable bonds is 2. The molecule has 4 nitrogen and oxygen atoms in total. The maximum absolute atomic E-state index is 12.1. The van der Waals surface area contributed by atoms with Crippen molar-refractivity contribution >= 4 is 33.2 Å². The van der Waals surface area contributed by atoms with Crippen LogP contribution in [0.2, 0.25) is 0 Å². The molecule has 1 heterocycles. The van der Waals surface area contributed by atoms with E-state index in [1.165, 1.54) is 6.20 Å². The van der Waals surface area contributed by atoms with Gasteiger partial charge in [-0.3, -0.25) is 9.78 Å². The molecule has 0 saturated heterocycles. The number of anilines is 2. The molecule has 0 spiro atoms. The monoisotopic (exact) mass is 305 g/mol. The van der Waals surface area contributed by atoms with Crippen LogP contribution in [0.25, 0.3) is 0 Å². The molecule has 1 aromatic carbocycles. The predicted molar refractivity (Wildman–Crippen MR) is 75.5 cm³/mol. The average molecular weight is 306 g/mol. The summed E-state index contributed by atoms with van der Waals surface area (Å²) in [6.45, 7) is 1.92. The topological polar surface area (TPSA) is 68.0 Å². The zero-order chi connectivity index (χ0) is 13.1. The largest absolute Gasteiger partial charge is 0.398 e. The molecule has 0 bridgehead atoms. The first kappa shape index (κ1) is 12.6. The number of amides is 1. The van der Waals surface area contributed by atoms with Gasteiger partial charge in [-0.1, -0.05) is 22.0 Å². The van der Waals surface area contributed by atoms with Crippen molar-refractivity contribution < 1.29 is 4.79 Å². The average Bonchev–Trinajstić information content (AvgIpc) is 2.35. The fourth-order valence-electron chi connectivity index (χ4n) is 1.53. The Morgan fingerprint density at radius 2 is 2.17 bits per heavy atom. The van der Waals surface area contributed by atoms with E-state index in [0.717, 1.165) is 15.7 Å². The molecule has 0 aliphatic heterocycles. The van der Waals surface area contributed by atoms with Gasteiger partial charge in [-0.25, -0.2) is 0 Å². The minimum absolute atomic E-state index is 0.262. The van der Waals surface area contributed by atoms with Gasteiger partial charge in [0.05, 0.1) is 5.56 Å². The first-order chi connectivity index (χ1) is 8.59. The van der Waals surface area contributed by atoms with Crippen molar-refractivity contribution in [3.05, 3.63) is 52.3 Å². The minimum atomic E-state index is -0.262. The van der Waals surface area contributed by atoms with Gasteiger partial charge in [0.1, 0.15) is 0 Å². The summed E-state index contributed by atoms with van der Waals surface area (Å²) >= 11 is 3.42. The smallest absolute Gasteiger partial charge is 0.259 e. The second kappa shape index (κ2) is 5.18. The van der Waals surface area contributed by atoms with Crippen LogP contribution < -0.4 is 11.1 Å². The molecule has 0 radical (unpaired) electrons. The van der Waals surface area contributed by atoms with Crippen LogP contribution in [0.1, 0.15) is 15.9 Å². The summed E-state index contributed by atoms with van der Waals surface area (Å²) in [4.78, 5) is 16.0. The molecule has 2 rings (SSSR count). The molecule has 0 saturated carbocycles. The standard InChI is InChI=1S/C13H12BrN3O/c1-8-10(14)3-2-4-12(8)17-13(18)9-7-16-6-5-11(9)15/h2-7H,1H3,(H2,15,16)(H,17,18). The minimum Gasteiger partial charge on any atom is -0.398 e. The number of nitrogens with zero attached hydrogens (tertiary/aromatic N) is 1. The van der Waals surface area contributed by atoms with Crippen molar-refractivity contribution in [3.8, 4) is 0 Å². The first-order valence-corrected chi connectivity index (χ1v) is 6.15. The summed E-state index contributed by atoms with van der Waals surface area (Å²) in [6, 6.07) is 7.22. The van der Waals surface area contributed by atoms with Crippen LogP contribution in [0.4, 0.5) is 11.4 Å². The second-order valence-corrected chi connectivity index (χ2v) is 4.68. The van der Waals surface area contributed by atoms with Gasteiger partial charge in [0.2, 0.25) is 0 Å². The molecule has 18 heavy (non-hydrogen) atoms. The van der Waals surface area contributed by atoms with E-state index in [-0.39, 0.29) is 5.91 Å². The van der Waals surface area contributed by atoms with E-state index in [9.17, 15) is 4.79 Å². The summed E-state index contributed by atoms with van der Waals surface area (Å²) in [5.74, 6) is -0.262. The Balaban J connectivity index is 2.27. The predicted octanol–water partition coefficient (Wildman–Crippen LogP) is 2.99. The van der Waals surface area contributed by atoms with E-state index in [1.54, 1.807) is 12.3 Å². The second-order valence-electron chi connectivity index (χ2n) is 3.83. The van der Waals surface area contributed by atoms with Gasteiger partial charge in [-0.05, 0) is 30.7 Å². The maximum atomic E-state index is 12.1. The van der Waals surface area contributed by atoms with E-state index >= 15 is 0 Å². The molecule has 0 unspecified atom stereocenters. The molecule has 92 valence electrons. The van der Waals surface area contributed by atoms with Gasteiger partial charge >= 0.3 is 0 Å². The number of carbonyl (C=O) groups is 1. The third kappa shape index (κ3) is 2.51. The summed E-state index contributed by atoms with van der Waals surface area (Å²) in [6.07, 6.45) is 3.01. The lowest BCUT2D eigenvalue weighted by atomic mass is 10.2. The van der Waals surface area contributed by atoms with Crippen LogP contribution in [0, 0.1) is 6.92 Å². The summed E-state index contributed by atoms with van der Waals surface area (Å²) in [5, 5.41) is 2.82. The third-order valence-electron chi connectivity index (χ3n) is 2.62. The van der Waals surface area contributed by atoms with Crippen LogP contribution in [0.15, 0.2) is 41.1 Å². The summed E-state index contributed by atoms with van der Waals surface area (Å²) in [7, 11) is 0. The first-order valence-electron chi connectivity index (χ1n) is 5.35. The molecule has 0 fully saturated rings. The van der Waals surface area contributed by atoms with Crippen molar-refractivity contribution in [1.82, 2.24) is 4.98 Å². The van der Waals surface area contributed by atoms with Gasteiger partial charge in [-0.2, -0.15) is 0 Å².